The third-order valence-corrected chi connectivity index (χ3v) is 5.12. The lowest BCUT2D eigenvalue weighted by Crippen LogP contribution is -2.26. The van der Waals surface area contributed by atoms with E-state index in [1.807, 2.05) is 10.3 Å². The van der Waals surface area contributed by atoms with E-state index in [9.17, 15) is 4.79 Å². The molecule has 1 aliphatic rings. The lowest BCUT2D eigenvalue weighted by atomic mass is 10.1. The molecule has 0 N–H and O–H groups in total. The van der Waals surface area contributed by atoms with E-state index in [0.717, 1.165) is 17.4 Å². The number of rotatable bonds is 3. The van der Waals surface area contributed by atoms with Gasteiger partial charge >= 0.3 is 0 Å². The van der Waals surface area contributed by atoms with Crippen molar-refractivity contribution in [3.05, 3.63) is 46.5 Å². The molecule has 0 aliphatic carbocycles. The second-order valence-corrected chi connectivity index (χ2v) is 6.73. The molecular formula is C14H14N2OS2. The maximum absolute atomic E-state index is 12.2. The van der Waals surface area contributed by atoms with Crippen LogP contribution in [0.4, 0.5) is 0 Å². The minimum atomic E-state index is 0.189. The highest BCUT2D eigenvalue weighted by Gasteiger charge is 2.23. The summed E-state index contributed by atoms with van der Waals surface area (Å²) in [4.78, 5) is 18.3. The molecule has 3 nitrogen and oxygen atoms in total. The van der Waals surface area contributed by atoms with Gasteiger partial charge in [0.25, 0.3) is 0 Å². The first-order valence-corrected chi connectivity index (χ1v) is 7.97. The summed E-state index contributed by atoms with van der Waals surface area (Å²) in [5.41, 5.74) is 3.82. The Labute approximate surface area is 120 Å². The van der Waals surface area contributed by atoms with Gasteiger partial charge in [0.05, 0.1) is 5.75 Å². The number of amides is 1. The Bertz CT molecular complexity index is 595. The number of nitrogens with zero attached hydrogens (tertiary/aromatic N) is 2. The van der Waals surface area contributed by atoms with Gasteiger partial charge < -0.3 is 4.90 Å². The van der Waals surface area contributed by atoms with Gasteiger partial charge in [-0.3, -0.25) is 4.79 Å². The van der Waals surface area contributed by atoms with E-state index in [2.05, 4.69) is 30.1 Å². The normalized spacial score (nSPS) is 13.6. The molecule has 0 fully saturated rings. The van der Waals surface area contributed by atoms with Gasteiger partial charge in [-0.1, -0.05) is 35.5 Å². The predicted molar refractivity (Wildman–Crippen MR) is 78.3 cm³/mol. The first-order valence-electron chi connectivity index (χ1n) is 6.11. The topological polar surface area (TPSA) is 33.2 Å². The maximum atomic E-state index is 12.2. The first-order chi connectivity index (χ1) is 9.22. The van der Waals surface area contributed by atoms with Crippen molar-refractivity contribution in [1.82, 2.24) is 9.88 Å². The number of thioether (sulfide) groups is 1. The molecule has 1 aromatic heterocycles. The molecule has 0 atom stereocenters. The lowest BCUT2D eigenvalue weighted by Gasteiger charge is -2.14. The van der Waals surface area contributed by atoms with E-state index in [-0.39, 0.29) is 5.91 Å². The third kappa shape index (κ3) is 2.82. The SMILES string of the molecule is Cc1ccc2c(c1)CN(C(=O)CSc1nccs1)C2. The zero-order valence-electron chi connectivity index (χ0n) is 10.6. The van der Waals surface area contributed by atoms with Gasteiger partial charge in [0, 0.05) is 24.7 Å². The van der Waals surface area contributed by atoms with Crippen LogP contribution in [0.25, 0.3) is 0 Å². The fraction of sp³-hybridized carbons (Fsp3) is 0.286. The highest BCUT2D eigenvalue weighted by Crippen LogP contribution is 2.26. The molecule has 0 spiro atoms. The van der Waals surface area contributed by atoms with E-state index >= 15 is 0 Å². The molecule has 0 unspecified atom stereocenters. The van der Waals surface area contributed by atoms with Crippen molar-refractivity contribution in [1.29, 1.82) is 0 Å². The van der Waals surface area contributed by atoms with Crippen molar-refractivity contribution in [2.24, 2.45) is 0 Å². The molecule has 98 valence electrons. The van der Waals surface area contributed by atoms with Crippen LogP contribution in [-0.2, 0) is 17.9 Å². The monoisotopic (exact) mass is 290 g/mol. The van der Waals surface area contributed by atoms with E-state index in [1.165, 1.54) is 28.5 Å². The quantitative estimate of drug-likeness (QED) is 0.815. The van der Waals surface area contributed by atoms with Crippen molar-refractivity contribution in [3.63, 3.8) is 0 Å². The highest BCUT2D eigenvalue weighted by atomic mass is 32.2. The van der Waals surface area contributed by atoms with Crippen LogP contribution in [0.5, 0.6) is 0 Å². The number of carbonyl (C=O) groups is 1. The Hall–Kier alpha value is -1.33. The Morgan fingerprint density at radius 2 is 2.26 bits per heavy atom. The lowest BCUT2D eigenvalue weighted by molar-refractivity contribution is -0.128. The molecule has 5 heteroatoms. The average molecular weight is 290 g/mol. The van der Waals surface area contributed by atoms with Crippen LogP contribution in [0.3, 0.4) is 0 Å². The van der Waals surface area contributed by atoms with Gasteiger partial charge in [0.2, 0.25) is 5.91 Å². The molecule has 19 heavy (non-hydrogen) atoms. The van der Waals surface area contributed by atoms with Crippen molar-refractivity contribution in [3.8, 4) is 0 Å². The van der Waals surface area contributed by atoms with Gasteiger partial charge in [0.1, 0.15) is 4.34 Å². The Balaban J connectivity index is 1.61. The summed E-state index contributed by atoms with van der Waals surface area (Å²) in [6.45, 7) is 3.57. The fourth-order valence-electron chi connectivity index (χ4n) is 2.20. The summed E-state index contributed by atoms with van der Waals surface area (Å²) in [5, 5.41) is 1.93. The largest absolute Gasteiger partial charge is 0.333 e. The fourth-order valence-corrected chi connectivity index (χ4v) is 3.74. The smallest absolute Gasteiger partial charge is 0.233 e. The number of fused-ring (bicyclic) bond motifs is 1. The summed E-state index contributed by atoms with van der Waals surface area (Å²) >= 11 is 3.10. The van der Waals surface area contributed by atoms with Gasteiger partial charge in [-0.05, 0) is 18.1 Å². The van der Waals surface area contributed by atoms with Crippen LogP contribution in [0.1, 0.15) is 16.7 Å². The van der Waals surface area contributed by atoms with Crippen LogP contribution in [-0.4, -0.2) is 21.5 Å². The van der Waals surface area contributed by atoms with Crippen molar-refractivity contribution >= 4 is 29.0 Å². The summed E-state index contributed by atoms with van der Waals surface area (Å²) in [6.07, 6.45) is 1.77. The van der Waals surface area contributed by atoms with Crippen LogP contribution in [0.2, 0.25) is 0 Å². The van der Waals surface area contributed by atoms with Gasteiger partial charge in [-0.2, -0.15) is 0 Å². The molecule has 2 heterocycles. The minimum absolute atomic E-state index is 0.189. The molecule has 0 radical (unpaired) electrons. The number of aryl methyl sites for hydroxylation is 1. The van der Waals surface area contributed by atoms with Crippen molar-refractivity contribution in [2.75, 3.05) is 5.75 Å². The number of thiazole rings is 1. The highest BCUT2D eigenvalue weighted by molar-refractivity contribution is 8.01. The molecule has 0 bridgehead atoms. The molecule has 3 rings (SSSR count). The number of aromatic nitrogens is 1. The Morgan fingerprint density at radius 1 is 1.42 bits per heavy atom. The maximum Gasteiger partial charge on any atom is 0.233 e. The summed E-state index contributed by atoms with van der Waals surface area (Å²) in [5.74, 6) is 0.662. The van der Waals surface area contributed by atoms with Gasteiger partial charge in [0.15, 0.2) is 0 Å². The van der Waals surface area contributed by atoms with E-state index in [4.69, 9.17) is 0 Å². The molecule has 1 amide bonds. The standard InChI is InChI=1S/C14H14N2OS2/c1-10-2-3-11-7-16(8-12(11)6-10)13(17)9-19-14-15-4-5-18-14/h2-6H,7-9H2,1H3. The summed E-state index contributed by atoms with van der Waals surface area (Å²) in [6, 6.07) is 6.42. The van der Waals surface area contributed by atoms with E-state index in [1.54, 1.807) is 17.5 Å². The van der Waals surface area contributed by atoms with Crippen LogP contribution < -0.4 is 0 Å². The minimum Gasteiger partial charge on any atom is -0.333 e. The zero-order chi connectivity index (χ0) is 13.2. The van der Waals surface area contributed by atoms with Gasteiger partial charge in [-0.15, -0.1) is 11.3 Å². The number of hydrogen-bond donors (Lipinski definition) is 0. The Kier molecular flexibility index (Phi) is 3.57. The van der Waals surface area contributed by atoms with Crippen LogP contribution in [0, 0.1) is 6.92 Å². The van der Waals surface area contributed by atoms with E-state index < -0.39 is 0 Å². The molecule has 2 aromatic rings. The predicted octanol–water partition coefficient (Wildman–Crippen LogP) is 3.09. The number of benzene rings is 1. The Morgan fingerprint density at radius 3 is 3.05 bits per heavy atom. The molecule has 0 saturated heterocycles. The molecular weight excluding hydrogens is 276 g/mol. The zero-order valence-corrected chi connectivity index (χ0v) is 12.3. The summed E-state index contributed by atoms with van der Waals surface area (Å²) in [7, 11) is 0. The molecule has 1 aliphatic heterocycles. The van der Waals surface area contributed by atoms with Crippen molar-refractivity contribution in [2.45, 2.75) is 24.4 Å². The average Bonchev–Trinajstić information content (AvgIpc) is 3.04. The summed E-state index contributed by atoms with van der Waals surface area (Å²) < 4.78 is 0.959. The third-order valence-electron chi connectivity index (χ3n) is 3.17. The van der Waals surface area contributed by atoms with E-state index in [0.29, 0.717) is 5.75 Å². The second-order valence-electron chi connectivity index (χ2n) is 4.61. The number of hydrogen-bond acceptors (Lipinski definition) is 4. The molecule has 1 aromatic carbocycles. The number of carbonyl (C=O) groups excluding carboxylic acids is 1. The van der Waals surface area contributed by atoms with Crippen LogP contribution >= 0.6 is 23.1 Å². The van der Waals surface area contributed by atoms with Crippen molar-refractivity contribution < 1.29 is 4.79 Å². The molecule has 0 saturated carbocycles. The van der Waals surface area contributed by atoms with Gasteiger partial charge in [-0.25, -0.2) is 4.98 Å². The van der Waals surface area contributed by atoms with Crippen LogP contribution in [0.15, 0.2) is 34.1 Å². The second kappa shape index (κ2) is 5.35. The first kappa shape index (κ1) is 12.7.